The van der Waals surface area contributed by atoms with Gasteiger partial charge in [0.1, 0.15) is 6.26 Å². The molecule has 0 aromatic carbocycles. The number of carboxylic acids is 1. The monoisotopic (exact) mass is 253 g/mol. The van der Waals surface area contributed by atoms with E-state index in [1.54, 1.807) is 0 Å². The van der Waals surface area contributed by atoms with Gasteiger partial charge in [0.05, 0.1) is 0 Å². The first kappa shape index (κ1) is 12.9. The van der Waals surface area contributed by atoms with Crippen LogP contribution in [0, 0.1) is 0 Å². The number of oxazole rings is 1. The smallest absolute Gasteiger partial charge is 0.357 e. The number of carboxylic acid groups (broad SMARTS) is 1. The molecule has 0 spiro atoms. The molecule has 1 aromatic rings. The van der Waals surface area contributed by atoms with Crippen molar-refractivity contribution in [3.05, 3.63) is 12.0 Å². The largest absolute Gasteiger partial charge is 0.476 e. The Morgan fingerprint density at radius 2 is 1.94 bits per heavy atom. The number of aromatic carboxylic acids is 1. The van der Waals surface area contributed by atoms with Gasteiger partial charge in [-0.1, -0.05) is 0 Å². The van der Waals surface area contributed by atoms with Crippen LogP contribution in [0.25, 0.3) is 0 Å². The van der Waals surface area contributed by atoms with Gasteiger partial charge >= 0.3 is 5.97 Å². The molecule has 100 valence electrons. The van der Waals surface area contributed by atoms with E-state index >= 15 is 0 Å². The summed E-state index contributed by atoms with van der Waals surface area (Å²) in [5.74, 6) is -1.06. The van der Waals surface area contributed by atoms with Crippen LogP contribution in [0.4, 0.5) is 6.01 Å². The Morgan fingerprint density at radius 3 is 2.39 bits per heavy atom. The maximum absolute atomic E-state index is 10.7. The van der Waals surface area contributed by atoms with Crippen LogP contribution in [0.15, 0.2) is 10.7 Å². The van der Waals surface area contributed by atoms with Crippen molar-refractivity contribution in [3.63, 3.8) is 0 Å². The van der Waals surface area contributed by atoms with Crippen molar-refractivity contribution in [3.8, 4) is 0 Å². The van der Waals surface area contributed by atoms with Gasteiger partial charge in [-0.25, -0.2) is 4.79 Å². The third-order valence-corrected chi connectivity index (χ3v) is 3.21. The number of hydrogen-bond acceptors (Lipinski definition) is 5. The lowest BCUT2D eigenvalue weighted by atomic mass is 10.1. The molecule has 1 aromatic heterocycles. The van der Waals surface area contributed by atoms with Crippen LogP contribution in [0.2, 0.25) is 0 Å². The Kier molecular flexibility index (Phi) is 3.30. The lowest BCUT2D eigenvalue weighted by Gasteiger charge is -2.41. The molecule has 0 radical (unpaired) electrons. The van der Waals surface area contributed by atoms with Crippen molar-refractivity contribution >= 4 is 12.0 Å². The second-order valence-electron chi connectivity index (χ2n) is 5.47. The summed E-state index contributed by atoms with van der Waals surface area (Å²) < 4.78 is 5.20. The summed E-state index contributed by atoms with van der Waals surface area (Å²) in [5, 5.41) is 8.80. The SMILES string of the molecule is CC(C)(C)N1CCN(c2nc(C(=O)O)co2)CC1. The van der Waals surface area contributed by atoms with E-state index in [-0.39, 0.29) is 11.2 Å². The fraction of sp³-hybridized carbons (Fsp3) is 0.667. The molecule has 1 aliphatic rings. The third kappa shape index (κ3) is 2.64. The van der Waals surface area contributed by atoms with Gasteiger partial charge in [0.15, 0.2) is 5.69 Å². The van der Waals surface area contributed by atoms with Crippen LogP contribution in [-0.2, 0) is 0 Å². The van der Waals surface area contributed by atoms with Crippen LogP contribution in [-0.4, -0.2) is 52.7 Å². The number of carbonyl (C=O) groups is 1. The predicted molar refractivity (Wildman–Crippen MR) is 67.0 cm³/mol. The van der Waals surface area contributed by atoms with Gasteiger partial charge in [0.25, 0.3) is 6.01 Å². The second-order valence-corrected chi connectivity index (χ2v) is 5.47. The second kappa shape index (κ2) is 4.61. The lowest BCUT2D eigenvalue weighted by Crippen LogP contribution is -2.53. The van der Waals surface area contributed by atoms with Crippen LogP contribution in [0.5, 0.6) is 0 Å². The van der Waals surface area contributed by atoms with E-state index in [2.05, 4.69) is 30.7 Å². The van der Waals surface area contributed by atoms with E-state index < -0.39 is 5.97 Å². The number of rotatable bonds is 2. The van der Waals surface area contributed by atoms with Gasteiger partial charge < -0.3 is 14.4 Å². The summed E-state index contributed by atoms with van der Waals surface area (Å²) in [6.45, 7) is 10.0. The highest BCUT2D eigenvalue weighted by atomic mass is 16.4. The quantitative estimate of drug-likeness (QED) is 0.856. The van der Waals surface area contributed by atoms with E-state index in [1.807, 2.05) is 4.90 Å². The zero-order valence-electron chi connectivity index (χ0n) is 11.0. The summed E-state index contributed by atoms with van der Waals surface area (Å²) in [7, 11) is 0. The minimum Gasteiger partial charge on any atom is -0.476 e. The number of nitrogens with zero attached hydrogens (tertiary/aromatic N) is 3. The Morgan fingerprint density at radius 1 is 1.33 bits per heavy atom. The van der Waals surface area contributed by atoms with Gasteiger partial charge in [0.2, 0.25) is 0 Å². The van der Waals surface area contributed by atoms with Crippen LogP contribution >= 0.6 is 0 Å². The predicted octanol–water partition coefficient (Wildman–Crippen LogP) is 1.29. The summed E-state index contributed by atoms with van der Waals surface area (Å²) >= 11 is 0. The van der Waals surface area contributed by atoms with E-state index in [9.17, 15) is 4.79 Å². The van der Waals surface area contributed by atoms with Gasteiger partial charge in [-0.3, -0.25) is 4.90 Å². The summed E-state index contributed by atoms with van der Waals surface area (Å²) in [5.41, 5.74) is 0.123. The minimum absolute atomic E-state index is 0.0387. The number of aromatic nitrogens is 1. The molecule has 2 heterocycles. The maximum atomic E-state index is 10.7. The normalized spacial score (nSPS) is 18.1. The van der Waals surface area contributed by atoms with Crippen molar-refractivity contribution in [1.29, 1.82) is 0 Å². The Labute approximate surface area is 106 Å². The molecule has 0 unspecified atom stereocenters. The van der Waals surface area contributed by atoms with Crippen molar-refractivity contribution in [2.45, 2.75) is 26.3 Å². The van der Waals surface area contributed by atoms with Crippen LogP contribution in [0.3, 0.4) is 0 Å². The molecule has 1 aliphatic heterocycles. The first-order chi connectivity index (χ1) is 8.38. The molecule has 0 amide bonds. The molecule has 18 heavy (non-hydrogen) atoms. The van der Waals surface area contributed by atoms with E-state index in [4.69, 9.17) is 9.52 Å². The maximum Gasteiger partial charge on any atom is 0.357 e. The van der Waals surface area contributed by atoms with E-state index in [0.717, 1.165) is 26.2 Å². The van der Waals surface area contributed by atoms with Gasteiger partial charge in [0, 0.05) is 31.7 Å². The van der Waals surface area contributed by atoms with Crippen molar-refractivity contribution in [1.82, 2.24) is 9.88 Å². The Hall–Kier alpha value is -1.56. The third-order valence-electron chi connectivity index (χ3n) is 3.21. The average molecular weight is 253 g/mol. The van der Waals surface area contributed by atoms with Gasteiger partial charge in [-0.15, -0.1) is 0 Å². The van der Waals surface area contributed by atoms with Crippen molar-refractivity contribution in [2.75, 3.05) is 31.1 Å². The molecule has 6 nitrogen and oxygen atoms in total. The molecular formula is C12H19N3O3. The number of hydrogen-bond donors (Lipinski definition) is 1. The first-order valence-electron chi connectivity index (χ1n) is 6.07. The number of anilines is 1. The highest BCUT2D eigenvalue weighted by molar-refractivity contribution is 5.85. The molecule has 0 saturated carbocycles. The Bertz CT molecular complexity index is 428. The molecule has 1 fully saturated rings. The molecule has 0 atom stereocenters. The lowest BCUT2D eigenvalue weighted by molar-refractivity contribution is 0.0690. The Balaban J connectivity index is 1.99. The highest BCUT2D eigenvalue weighted by Crippen LogP contribution is 2.20. The molecule has 1 saturated heterocycles. The van der Waals surface area contributed by atoms with Gasteiger partial charge in [-0.05, 0) is 20.8 Å². The average Bonchev–Trinajstić information content (AvgIpc) is 2.77. The van der Waals surface area contributed by atoms with Gasteiger partial charge in [-0.2, -0.15) is 4.98 Å². The zero-order chi connectivity index (χ0) is 13.3. The van der Waals surface area contributed by atoms with Crippen molar-refractivity contribution in [2.24, 2.45) is 0 Å². The number of piperazine rings is 1. The molecule has 0 aliphatic carbocycles. The highest BCUT2D eigenvalue weighted by Gasteiger charge is 2.27. The summed E-state index contributed by atoms with van der Waals surface area (Å²) in [6, 6.07) is 0.404. The minimum atomic E-state index is -1.06. The standard InChI is InChI=1S/C12H19N3O3/c1-12(2,3)15-6-4-14(5-7-15)11-13-9(8-18-11)10(16)17/h8H,4-7H2,1-3H3,(H,16,17). The topological polar surface area (TPSA) is 69.8 Å². The summed E-state index contributed by atoms with van der Waals surface area (Å²) in [6.07, 6.45) is 1.19. The van der Waals surface area contributed by atoms with E-state index in [1.165, 1.54) is 6.26 Å². The summed E-state index contributed by atoms with van der Waals surface area (Å²) in [4.78, 5) is 19.1. The fourth-order valence-corrected chi connectivity index (χ4v) is 2.08. The molecule has 1 N–H and O–H groups in total. The molecule has 6 heteroatoms. The molecular weight excluding hydrogens is 234 g/mol. The molecule has 0 bridgehead atoms. The van der Waals surface area contributed by atoms with Crippen molar-refractivity contribution < 1.29 is 14.3 Å². The first-order valence-corrected chi connectivity index (χ1v) is 6.07. The van der Waals surface area contributed by atoms with E-state index in [0.29, 0.717) is 6.01 Å². The molecule has 2 rings (SSSR count). The van der Waals surface area contributed by atoms with Crippen LogP contribution in [0.1, 0.15) is 31.3 Å². The van der Waals surface area contributed by atoms with Crippen LogP contribution < -0.4 is 4.90 Å². The fourth-order valence-electron chi connectivity index (χ4n) is 2.08. The zero-order valence-corrected chi connectivity index (χ0v) is 11.0.